The van der Waals surface area contributed by atoms with Crippen LogP contribution in [-0.2, 0) is 16.0 Å². The van der Waals surface area contributed by atoms with Crippen LogP contribution >= 0.6 is 0 Å². The SMILES string of the molecule is COCCn1cncc1-c1ccccc1C1CCCN1C(=O)OC(C)(C)C. The number of ether oxygens (including phenoxy) is 2. The summed E-state index contributed by atoms with van der Waals surface area (Å²) in [5.41, 5.74) is 2.79. The van der Waals surface area contributed by atoms with Crippen LogP contribution < -0.4 is 0 Å². The van der Waals surface area contributed by atoms with Gasteiger partial charge in [-0.15, -0.1) is 0 Å². The quantitative estimate of drug-likeness (QED) is 0.788. The number of hydrogen-bond donors (Lipinski definition) is 0. The topological polar surface area (TPSA) is 56.6 Å². The second-order valence-electron chi connectivity index (χ2n) is 7.88. The number of carbonyl (C=O) groups excluding carboxylic acids is 1. The van der Waals surface area contributed by atoms with Crippen molar-refractivity contribution in [3.05, 3.63) is 42.4 Å². The van der Waals surface area contributed by atoms with E-state index in [1.54, 1.807) is 7.11 Å². The van der Waals surface area contributed by atoms with E-state index in [2.05, 4.69) is 21.7 Å². The molecule has 0 N–H and O–H groups in total. The van der Waals surface area contributed by atoms with Gasteiger partial charge in [0.25, 0.3) is 0 Å². The smallest absolute Gasteiger partial charge is 0.410 e. The van der Waals surface area contributed by atoms with Crippen LogP contribution in [0.15, 0.2) is 36.8 Å². The van der Waals surface area contributed by atoms with Crippen molar-refractivity contribution in [3.8, 4) is 11.3 Å². The van der Waals surface area contributed by atoms with Crippen LogP contribution in [0.25, 0.3) is 11.3 Å². The van der Waals surface area contributed by atoms with Gasteiger partial charge in [0, 0.05) is 25.8 Å². The summed E-state index contributed by atoms with van der Waals surface area (Å²) in [6.07, 6.45) is 5.36. The van der Waals surface area contributed by atoms with Gasteiger partial charge in [-0.2, -0.15) is 0 Å². The molecule has 1 aliphatic rings. The zero-order valence-corrected chi connectivity index (χ0v) is 16.6. The molecule has 1 unspecified atom stereocenters. The molecule has 6 heteroatoms. The van der Waals surface area contributed by atoms with E-state index in [0.717, 1.165) is 42.8 Å². The normalized spacial score (nSPS) is 17.3. The summed E-state index contributed by atoms with van der Waals surface area (Å²) in [6, 6.07) is 8.28. The number of hydrogen-bond acceptors (Lipinski definition) is 4. The minimum Gasteiger partial charge on any atom is -0.444 e. The van der Waals surface area contributed by atoms with Gasteiger partial charge in [-0.3, -0.25) is 0 Å². The van der Waals surface area contributed by atoms with Gasteiger partial charge in [0.05, 0.1) is 30.9 Å². The summed E-state index contributed by atoms with van der Waals surface area (Å²) in [5, 5.41) is 0. The lowest BCUT2D eigenvalue weighted by Gasteiger charge is -2.30. The number of aromatic nitrogens is 2. The Morgan fingerprint density at radius 1 is 1.30 bits per heavy atom. The molecular weight excluding hydrogens is 342 g/mol. The van der Waals surface area contributed by atoms with Gasteiger partial charge in [0.2, 0.25) is 0 Å². The first-order valence-electron chi connectivity index (χ1n) is 9.48. The van der Waals surface area contributed by atoms with E-state index in [4.69, 9.17) is 9.47 Å². The molecule has 0 saturated carbocycles. The molecule has 1 saturated heterocycles. The van der Waals surface area contributed by atoms with Crippen molar-refractivity contribution >= 4 is 6.09 Å². The van der Waals surface area contributed by atoms with Gasteiger partial charge in [-0.05, 0) is 39.2 Å². The Morgan fingerprint density at radius 2 is 2.07 bits per heavy atom. The van der Waals surface area contributed by atoms with Gasteiger partial charge in [0.1, 0.15) is 5.60 Å². The highest BCUT2D eigenvalue weighted by Gasteiger charge is 2.34. The molecule has 2 aromatic rings. The Hall–Kier alpha value is -2.34. The zero-order chi connectivity index (χ0) is 19.4. The third-order valence-electron chi connectivity index (χ3n) is 4.73. The van der Waals surface area contributed by atoms with Crippen LogP contribution in [-0.4, -0.2) is 46.4 Å². The first-order valence-corrected chi connectivity index (χ1v) is 9.48. The Morgan fingerprint density at radius 3 is 2.81 bits per heavy atom. The molecule has 0 radical (unpaired) electrons. The predicted octanol–water partition coefficient (Wildman–Crippen LogP) is 4.27. The van der Waals surface area contributed by atoms with Gasteiger partial charge in [-0.1, -0.05) is 24.3 Å². The van der Waals surface area contributed by atoms with Gasteiger partial charge < -0.3 is 18.9 Å². The Balaban J connectivity index is 1.92. The molecule has 1 fully saturated rings. The zero-order valence-electron chi connectivity index (χ0n) is 16.6. The lowest BCUT2D eigenvalue weighted by Crippen LogP contribution is -2.36. The van der Waals surface area contributed by atoms with Crippen molar-refractivity contribution in [2.75, 3.05) is 20.3 Å². The van der Waals surface area contributed by atoms with E-state index >= 15 is 0 Å². The highest BCUT2D eigenvalue weighted by molar-refractivity contribution is 5.71. The molecule has 0 aliphatic carbocycles. The standard InChI is InChI=1S/C21H29N3O3/c1-21(2,3)27-20(25)24-11-7-10-18(24)16-8-5-6-9-17(16)19-14-22-15-23(19)12-13-26-4/h5-6,8-9,14-15,18H,7,10-13H2,1-4H3. The van der Waals surface area contributed by atoms with Gasteiger partial charge in [0.15, 0.2) is 0 Å². The molecule has 146 valence electrons. The second-order valence-corrected chi connectivity index (χ2v) is 7.88. The number of amides is 1. The molecule has 1 aromatic heterocycles. The summed E-state index contributed by atoms with van der Waals surface area (Å²) in [5.74, 6) is 0. The number of benzene rings is 1. The molecule has 1 atom stereocenters. The summed E-state index contributed by atoms with van der Waals surface area (Å²) in [4.78, 5) is 18.9. The minimum atomic E-state index is -0.498. The van der Waals surface area contributed by atoms with Crippen LogP contribution in [0, 0.1) is 0 Å². The van der Waals surface area contributed by atoms with E-state index in [0.29, 0.717) is 6.61 Å². The lowest BCUT2D eigenvalue weighted by molar-refractivity contribution is 0.0225. The second kappa shape index (κ2) is 8.13. The third-order valence-corrected chi connectivity index (χ3v) is 4.73. The maximum absolute atomic E-state index is 12.7. The highest BCUT2D eigenvalue weighted by atomic mass is 16.6. The van der Waals surface area contributed by atoms with Crippen molar-refractivity contribution in [2.45, 2.75) is 51.8 Å². The fourth-order valence-electron chi connectivity index (χ4n) is 3.56. The van der Waals surface area contributed by atoms with Crippen LogP contribution in [0.1, 0.15) is 45.2 Å². The molecule has 1 aliphatic heterocycles. The van der Waals surface area contributed by atoms with Gasteiger partial charge >= 0.3 is 6.09 Å². The number of carbonyl (C=O) groups is 1. The first kappa shape index (κ1) is 19.4. The van der Waals surface area contributed by atoms with Crippen molar-refractivity contribution in [1.82, 2.24) is 14.5 Å². The number of nitrogens with zero attached hydrogens (tertiary/aromatic N) is 3. The highest BCUT2D eigenvalue weighted by Crippen LogP contribution is 2.38. The molecule has 0 bridgehead atoms. The molecule has 3 rings (SSSR count). The Bertz CT molecular complexity index is 779. The largest absolute Gasteiger partial charge is 0.444 e. The average molecular weight is 371 g/mol. The summed E-state index contributed by atoms with van der Waals surface area (Å²) >= 11 is 0. The molecule has 27 heavy (non-hydrogen) atoms. The minimum absolute atomic E-state index is 0.0156. The number of rotatable bonds is 5. The maximum Gasteiger partial charge on any atom is 0.410 e. The van der Waals surface area contributed by atoms with Crippen molar-refractivity contribution in [1.29, 1.82) is 0 Å². The maximum atomic E-state index is 12.7. The Labute approximate surface area is 161 Å². The monoisotopic (exact) mass is 371 g/mol. The summed E-state index contributed by atoms with van der Waals surface area (Å²) in [6.45, 7) is 7.78. The Kier molecular flexibility index (Phi) is 5.85. The summed E-state index contributed by atoms with van der Waals surface area (Å²) in [7, 11) is 1.70. The molecule has 1 aromatic carbocycles. The number of likely N-dealkylation sites (tertiary alicyclic amines) is 1. The van der Waals surface area contributed by atoms with Crippen molar-refractivity contribution < 1.29 is 14.3 Å². The van der Waals surface area contributed by atoms with Gasteiger partial charge in [-0.25, -0.2) is 9.78 Å². The molecule has 2 heterocycles. The van der Waals surface area contributed by atoms with Crippen molar-refractivity contribution in [3.63, 3.8) is 0 Å². The fourth-order valence-corrected chi connectivity index (χ4v) is 3.56. The average Bonchev–Trinajstić information content (AvgIpc) is 3.27. The van der Waals surface area contributed by atoms with E-state index < -0.39 is 5.60 Å². The van der Waals surface area contributed by atoms with E-state index in [-0.39, 0.29) is 12.1 Å². The van der Waals surface area contributed by atoms with Crippen LogP contribution in [0.4, 0.5) is 4.79 Å². The van der Waals surface area contributed by atoms with Crippen molar-refractivity contribution in [2.24, 2.45) is 0 Å². The van der Waals surface area contributed by atoms with E-state index in [1.165, 1.54) is 0 Å². The van der Waals surface area contributed by atoms with Crippen LogP contribution in [0.2, 0.25) is 0 Å². The van der Waals surface area contributed by atoms with Crippen LogP contribution in [0.3, 0.4) is 0 Å². The summed E-state index contributed by atoms with van der Waals surface area (Å²) < 4.78 is 12.9. The molecule has 0 spiro atoms. The lowest BCUT2D eigenvalue weighted by atomic mass is 9.96. The predicted molar refractivity (Wildman–Crippen MR) is 104 cm³/mol. The molecular formula is C21H29N3O3. The molecule has 6 nitrogen and oxygen atoms in total. The number of imidazole rings is 1. The van der Waals surface area contributed by atoms with E-state index in [9.17, 15) is 4.79 Å². The number of methoxy groups -OCH3 is 1. The molecule has 1 amide bonds. The van der Waals surface area contributed by atoms with Crippen LogP contribution in [0.5, 0.6) is 0 Å². The van der Waals surface area contributed by atoms with E-state index in [1.807, 2.05) is 50.3 Å². The third kappa shape index (κ3) is 4.50. The first-order chi connectivity index (χ1) is 12.9. The fraction of sp³-hybridized carbons (Fsp3) is 0.524.